The molecule has 3 aromatic heterocycles. The Morgan fingerprint density at radius 1 is 1.26 bits per heavy atom. The normalized spacial score (nSPS) is 12.9. The van der Waals surface area contributed by atoms with Gasteiger partial charge in [-0.1, -0.05) is 11.6 Å². The van der Waals surface area contributed by atoms with Crippen LogP contribution >= 0.6 is 0 Å². The van der Waals surface area contributed by atoms with E-state index in [-0.39, 0.29) is 12.2 Å². The van der Waals surface area contributed by atoms with Gasteiger partial charge in [-0.05, 0) is 52.0 Å². The third-order valence-electron chi connectivity index (χ3n) is 6.05. The zero-order chi connectivity index (χ0) is 24.6. The lowest BCUT2D eigenvalue weighted by Crippen LogP contribution is -2.20. The number of aliphatic hydroxyl groups is 1. The third-order valence-corrected chi connectivity index (χ3v) is 6.05. The highest BCUT2D eigenvalue weighted by Crippen LogP contribution is 2.37. The number of aliphatic hydroxyl groups excluding tert-OH is 1. The molecule has 0 bridgehead atoms. The Labute approximate surface area is 197 Å². The average molecular weight is 461 g/mol. The lowest BCUT2D eigenvalue weighted by atomic mass is 9.95. The molecule has 8 heteroatoms. The number of pyridine rings is 2. The largest absolute Gasteiger partial charge is 0.496 e. The number of aromatic nitrogens is 3. The average Bonchev–Trinajstić information content (AvgIpc) is 3.19. The summed E-state index contributed by atoms with van der Waals surface area (Å²) in [4.78, 5) is 26.4. The minimum absolute atomic E-state index is 0.256. The Bertz CT molecular complexity index is 1490. The number of rotatable bonds is 6. The summed E-state index contributed by atoms with van der Waals surface area (Å²) >= 11 is 0. The zero-order valence-corrected chi connectivity index (χ0v) is 20.2. The van der Waals surface area contributed by atoms with Crippen LogP contribution < -0.4 is 10.5 Å². The van der Waals surface area contributed by atoms with Gasteiger partial charge in [0.25, 0.3) is 0 Å². The summed E-state index contributed by atoms with van der Waals surface area (Å²) < 4.78 is 12.9. The molecule has 34 heavy (non-hydrogen) atoms. The van der Waals surface area contributed by atoms with Gasteiger partial charge in [-0.15, -0.1) is 0 Å². The number of benzene rings is 1. The molecule has 176 valence electrons. The van der Waals surface area contributed by atoms with E-state index in [0.717, 1.165) is 22.4 Å². The van der Waals surface area contributed by atoms with E-state index in [0.29, 0.717) is 33.6 Å². The first-order valence-electron chi connectivity index (χ1n) is 11.0. The van der Waals surface area contributed by atoms with Crippen molar-refractivity contribution in [3.63, 3.8) is 0 Å². The van der Waals surface area contributed by atoms with Crippen LogP contribution in [0.2, 0.25) is 0 Å². The first-order chi connectivity index (χ1) is 16.3. The molecule has 0 aliphatic heterocycles. The third kappa shape index (κ3) is 3.80. The molecule has 0 fully saturated rings. The Morgan fingerprint density at radius 3 is 2.62 bits per heavy atom. The van der Waals surface area contributed by atoms with E-state index >= 15 is 0 Å². The molecule has 8 nitrogen and oxygen atoms in total. The van der Waals surface area contributed by atoms with Crippen LogP contribution in [0.25, 0.3) is 27.6 Å². The van der Waals surface area contributed by atoms with Crippen LogP contribution in [-0.4, -0.2) is 39.5 Å². The van der Waals surface area contributed by atoms with Crippen molar-refractivity contribution in [3.8, 4) is 5.75 Å². The monoisotopic (exact) mass is 460 g/mol. The van der Waals surface area contributed by atoms with E-state index in [1.54, 1.807) is 24.9 Å². The molecule has 1 atom stereocenters. The molecule has 3 heterocycles. The molecule has 0 aliphatic carbocycles. The minimum atomic E-state index is -0.542. The summed E-state index contributed by atoms with van der Waals surface area (Å²) in [6.07, 6.45) is 1.69. The number of ether oxygens (including phenoxy) is 1. The molecular formula is C26H28N4O4. The van der Waals surface area contributed by atoms with Crippen LogP contribution in [0.5, 0.6) is 5.75 Å². The number of hydrogen-bond donors (Lipinski definition) is 1. The summed E-state index contributed by atoms with van der Waals surface area (Å²) in [6.45, 7) is 7.50. The van der Waals surface area contributed by atoms with E-state index < -0.39 is 11.8 Å². The van der Waals surface area contributed by atoms with Crippen LogP contribution in [-0.2, 0) is 6.61 Å². The number of fused-ring (bicyclic) bond motifs is 3. The molecule has 1 N–H and O–H groups in total. The van der Waals surface area contributed by atoms with E-state index in [9.17, 15) is 9.90 Å². The van der Waals surface area contributed by atoms with Gasteiger partial charge in [-0.25, -0.2) is 9.78 Å². The molecule has 0 spiro atoms. The van der Waals surface area contributed by atoms with Crippen molar-refractivity contribution in [1.29, 1.82) is 0 Å². The number of oxazole rings is 1. The second-order valence-electron chi connectivity index (χ2n) is 8.32. The zero-order valence-electron chi connectivity index (χ0n) is 20.2. The van der Waals surface area contributed by atoms with Crippen molar-refractivity contribution < 1.29 is 14.3 Å². The van der Waals surface area contributed by atoms with E-state index in [2.05, 4.69) is 15.0 Å². The standard InChI is InChI=1S/C26H28N4O4/c1-14(2)23(15(3)27-5)18-11-20-17(12-22(18)33-6)24-25(21(13-31)29-20)34-26(32)30(24)16(4)19-9-7-8-10-28-19/h7-12,16,31H,13H2,1-6H3/t16-/m1/s1. The Morgan fingerprint density at radius 2 is 2.03 bits per heavy atom. The summed E-state index contributed by atoms with van der Waals surface area (Å²) in [6, 6.07) is 8.93. The van der Waals surface area contributed by atoms with Crippen LogP contribution in [0.3, 0.4) is 0 Å². The number of aliphatic imine (C=N–C) groups is 1. The number of nitrogens with zero attached hydrogens (tertiary/aromatic N) is 4. The molecule has 0 saturated carbocycles. The first kappa shape index (κ1) is 23.4. The summed E-state index contributed by atoms with van der Waals surface area (Å²) in [5.41, 5.74) is 6.16. The van der Waals surface area contributed by atoms with Crippen molar-refractivity contribution in [1.82, 2.24) is 14.5 Å². The fraction of sp³-hybridized carbons (Fsp3) is 0.308. The van der Waals surface area contributed by atoms with Gasteiger partial charge in [-0.2, -0.15) is 0 Å². The topological polar surface area (TPSA) is 103 Å². The van der Waals surface area contributed by atoms with Gasteiger partial charge in [-0.3, -0.25) is 14.5 Å². The second-order valence-corrected chi connectivity index (χ2v) is 8.32. The van der Waals surface area contributed by atoms with Gasteiger partial charge in [0.15, 0.2) is 5.58 Å². The number of allylic oxidation sites excluding steroid dienone is 2. The summed E-state index contributed by atoms with van der Waals surface area (Å²) in [5, 5.41) is 10.7. The van der Waals surface area contributed by atoms with Gasteiger partial charge >= 0.3 is 5.76 Å². The lowest BCUT2D eigenvalue weighted by molar-refractivity contribution is 0.277. The molecule has 4 aromatic rings. The maximum Gasteiger partial charge on any atom is 0.420 e. The molecule has 0 aliphatic rings. The molecule has 0 amide bonds. The van der Waals surface area contributed by atoms with Crippen molar-refractivity contribution in [2.75, 3.05) is 14.2 Å². The van der Waals surface area contributed by atoms with Crippen molar-refractivity contribution in [2.24, 2.45) is 4.99 Å². The van der Waals surface area contributed by atoms with Crippen LogP contribution in [0.15, 0.2) is 56.3 Å². The minimum Gasteiger partial charge on any atom is -0.496 e. The van der Waals surface area contributed by atoms with Crippen molar-refractivity contribution >= 4 is 33.3 Å². The fourth-order valence-electron chi connectivity index (χ4n) is 4.40. The number of hydrogen-bond acceptors (Lipinski definition) is 7. The molecule has 0 unspecified atom stereocenters. The SMILES string of the molecule is CN=C(C)C(=C(C)C)c1cc2nc(CO)c3oc(=O)n([C@H](C)c4ccccn4)c3c2cc1OC. The fourth-order valence-corrected chi connectivity index (χ4v) is 4.40. The molecular weight excluding hydrogens is 432 g/mol. The summed E-state index contributed by atoms with van der Waals surface area (Å²) in [5.74, 6) is 0.0800. The predicted molar refractivity (Wildman–Crippen MR) is 134 cm³/mol. The van der Waals surface area contributed by atoms with Crippen LogP contribution in [0.1, 0.15) is 50.7 Å². The predicted octanol–water partition coefficient (Wildman–Crippen LogP) is 4.53. The first-order valence-corrected chi connectivity index (χ1v) is 11.0. The Kier molecular flexibility index (Phi) is 6.34. The van der Waals surface area contributed by atoms with Crippen molar-refractivity contribution in [3.05, 3.63) is 69.6 Å². The van der Waals surface area contributed by atoms with Crippen LogP contribution in [0.4, 0.5) is 0 Å². The Balaban J connectivity index is 2.13. The Hall–Kier alpha value is -3.78. The maximum absolute atomic E-state index is 13.0. The van der Waals surface area contributed by atoms with Gasteiger partial charge in [0.2, 0.25) is 0 Å². The smallest absolute Gasteiger partial charge is 0.420 e. The quantitative estimate of drug-likeness (QED) is 0.424. The van der Waals surface area contributed by atoms with E-state index in [1.165, 1.54) is 0 Å². The highest BCUT2D eigenvalue weighted by Gasteiger charge is 2.24. The van der Waals surface area contributed by atoms with Crippen molar-refractivity contribution in [2.45, 2.75) is 40.3 Å². The molecule has 0 radical (unpaired) electrons. The lowest BCUT2D eigenvalue weighted by Gasteiger charge is -2.17. The van der Waals surface area contributed by atoms with E-state index in [1.807, 2.05) is 58.0 Å². The van der Waals surface area contributed by atoms with Gasteiger partial charge in [0.05, 0.1) is 31.0 Å². The van der Waals surface area contributed by atoms with Gasteiger partial charge in [0, 0.05) is 35.5 Å². The maximum atomic E-state index is 13.0. The van der Waals surface area contributed by atoms with Crippen LogP contribution in [0, 0.1) is 0 Å². The highest BCUT2D eigenvalue weighted by atomic mass is 16.5. The second kappa shape index (κ2) is 9.23. The summed E-state index contributed by atoms with van der Waals surface area (Å²) in [7, 11) is 3.36. The van der Waals surface area contributed by atoms with Gasteiger partial charge in [0.1, 0.15) is 17.0 Å². The molecule has 1 aromatic carbocycles. The molecule has 0 saturated heterocycles. The van der Waals surface area contributed by atoms with E-state index in [4.69, 9.17) is 9.15 Å². The molecule has 4 rings (SSSR count). The highest BCUT2D eigenvalue weighted by molar-refractivity contribution is 6.24. The van der Waals surface area contributed by atoms with Gasteiger partial charge < -0.3 is 14.3 Å². The number of methoxy groups -OCH3 is 1.